The second-order valence-corrected chi connectivity index (χ2v) is 8.53. The molecule has 0 saturated carbocycles. The molecule has 28 heavy (non-hydrogen) atoms. The van der Waals surface area contributed by atoms with Gasteiger partial charge in [-0.25, -0.2) is 4.98 Å². The summed E-state index contributed by atoms with van der Waals surface area (Å²) in [5.74, 6) is 1.75. The van der Waals surface area contributed by atoms with E-state index in [-0.39, 0.29) is 0 Å². The van der Waals surface area contributed by atoms with Crippen LogP contribution in [0.5, 0.6) is 0 Å². The highest BCUT2D eigenvalue weighted by atomic mass is 32.1. The topological polar surface area (TPSA) is 55.1 Å². The Hall–Kier alpha value is -2.57. The van der Waals surface area contributed by atoms with Gasteiger partial charge in [-0.15, -0.1) is 21.5 Å². The van der Waals surface area contributed by atoms with Gasteiger partial charge in [0.1, 0.15) is 0 Å². The zero-order chi connectivity index (χ0) is 18.9. The van der Waals surface area contributed by atoms with Crippen LogP contribution >= 0.6 is 11.3 Å². The summed E-state index contributed by atoms with van der Waals surface area (Å²) >= 11 is 1.83. The van der Waals surface area contributed by atoms with E-state index < -0.39 is 0 Å². The summed E-state index contributed by atoms with van der Waals surface area (Å²) in [5, 5.41) is 9.77. The first-order chi connectivity index (χ1) is 13.7. The van der Waals surface area contributed by atoms with Crippen molar-refractivity contribution in [2.45, 2.75) is 32.2 Å². The largest absolute Gasteiger partial charge is 0.419 e. The molecule has 0 bridgehead atoms. The number of aromatic nitrogens is 3. The maximum absolute atomic E-state index is 5.94. The van der Waals surface area contributed by atoms with Gasteiger partial charge in [-0.3, -0.25) is 4.90 Å². The predicted molar refractivity (Wildman–Crippen MR) is 111 cm³/mol. The van der Waals surface area contributed by atoms with Gasteiger partial charge in [0.05, 0.1) is 21.8 Å². The summed E-state index contributed by atoms with van der Waals surface area (Å²) in [7, 11) is 0. The highest BCUT2D eigenvalue weighted by Crippen LogP contribution is 2.33. The molecule has 5 rings (SSSR count). The molecule has 0 radical (unpaired) electrons. The number of thiazole rings is 1. The minimum atomic E-state index is 0.477. The monoisotopic (exact) mass is 390 g/mol. The maximum atomic E-state index is 5.94. The molecule has 3 heterocycles. The summed E-state index contributed by atoms with van der Waals surface area (Å²) < 4.78 is 7.21. The third-order valence-corrected chi connectivity index (χ3v) is 6.45. The van der Waals surface area contributed by atoms with Gasteiger partial charge in [-0.2, -0.15) is 0 Å². The minimum absolute atomic E-state index is 0.477. The Labute approximate surface area is 168 Å². The van der Waals surface area contributed by atoms with E-state index in [0.717, 1.165) is 24.2 Å². The summed E-state index contributed by atoms with van der Waals surface area (Å²) in [6.45, 7) is 4.81. The lowest BCUT2D eigenvalue weighted by Crippen LogP contribution is -2.33. The maximum Gasteiger partial charge on any atom is 0.247 e. The Morgan fingerprint density at radius 3 is 2.96 bits per heavy atom. The van der Waals surface area contributed by atoms with Gasteiger partial charge in [-0.05, 0) is 50.6 Å². The number of likely N-dealkylation sites (tertiary alicyclic amines) is 1. The van der Waals surface area contributed by atoms with Gasteiger partial charge in [0.15, 0.2) is 0 Å². The molecular formula is C22H22N4OS. The van der Waals surface area contributed by atoms with Gasteiger partial charge in [0, 0.05) is 18.0 Å². The zero-order valence-corrected chi connectivity index (χ0v) is 16.7. The average Bonchev–Trinajstić information content (AvgIpc) is 3.35. The van der Waals surface area contributed by atoms with E-state index in [2.05, 4.69) is 58.4 Å². The number of hydrogen-bond acceptors (Lipinski definition) is 6. The summed E-state index contributed by atoms with van der Waals surface area (Å²) in [6.07, 6.45) is 2.36. The van der Waals surface area contributed by atoms with E-state index in [4.69, 9.17) is 9.40 Å². The predicted octanol–water partition coefficient (Wildman–Crippen LogP) is 5.03. The van der Waals surface area contributed by atoms with Crippen molar-refractivity contribution >= 4 is 21.6 Å². The fourth-order valence-corrected chi connectivity index (χ4v) is 4.96. The van der Waals surface area contributed by atoms with Crippen molar-refractivity contribution < 1.29 is 4.42 Å². The van der Waals surface area contributed by atoms with E-state index in [1.807, 2.05) is 23.5 Å². The molecule has 0 amide bonds. The molecule has 6 heteroatoms. The Kier molecular flexibility index (Phi) is 4.66. The SMILES string of the molecule is Cc1cccc(-c2nnc(CN3CCCC(c4nc5ccccc5s4)C3)o2)c1. The van der Waals surface area contributed by atoms with Crippen LogP contribution in [0.4, 0.5) is 0 Å². The van der Waals surface area contributed by atoms with Crippen LogP contribution in [0.3, 0.4) is 0 Å². The molecule has 4 aromatic rings. The summed E-state index contributed by atoms with van der Waals surface area (Å²) in [5.41, 5.74) is 3.27. The number of piperidine rings is 1. The van der Waals surface area contributed by atoms with Crippen LogP contribution in [0.15, 0.2) is 52.9 Å². The Morgan fingerprint density at radius 2 is 2.07 bits per heavy atom. The second-order valence-electron chi connectivity index (χ2n) is 7.46. The molecule has 0 N–H and O–H groups in total. The molecule has 1 fully saturated rings. The van der Waals surface area contributed by atoms with E-state index in [9.17, 15) is 0 Å². The van der Waals surface area contributed by atoms with Crippen LogP contribution in [-0.2, 0) is 6.54 Å². The highest BCUT2D eigenvalue weighted by Gasteiger charge is 2.25. The van der Waals surface area contributed by atoms with Crippen molar-refractivity contribution in [3.8, 4) is 11.5 Å². The molecule has 5 nitrogen and oxygen atoms in total. The third-order valence-electron chi connectivity index (χ3n) is 5.26. The summed E-state index contributed by atoms with van der Waals surface area (Å²) in [4.78, 5) is 7.28. The lowest BCUT2D eigenvalue weighted by molar-refractivity contribution is 0.184. The van der Waals surface area contributed by atoms with E-state index >= 15 is 0 Å². The highest BCUT2D eigenvalue weighted by molar-refractivity contribution is 7.18. The summed E-state index contributed by atoms with van der Waals surface area (Å²) in [6, 6.07) is 16.6. The average molecular weight is 391 g/mol. The number of rotatable bonds is 4. The van der Waals surface area contributed by atoms with E-state index in [1.165, 1.54) is 28.1 Å². The molecule has 2 aromatic heterocycles. The van der Waals surface area contributed by atoms with Crippen LogP contribution in [0, 0.1) is 6.92 Å². The molecule has 1 aliphatic heterocycles. The number of hydrogen-bond donors (Lipinski definition) is 0. The van der Waals surface area contributed by atoms with Gasteiger partial charge in [0.2, 0.25) is 11.8 Å². The van der Waals surface area contributed by atoms with Crippen LogP contribution in [0.1, 0.15) is 35.2 Å². The van der Waals surface area contributed by atoms with E-state index in [0.29, 0.717) is 24.2 Å². The molecule has 0 aliphatic carbocycles. The molecule has 1 saturated heterocycles. The second kappa shape index (κ2) is 7.45. The number of benzene rings is 2. The van der Waals surface area contributed by atoms with Crippen LogP contribution in [0.2, 0.25) is 0 Å². The quantitative estimate of drug-likeness (QED) is 0.489. The first kappa shape index (κ1) is 17.5. The zero-order valence-electron chi connectivity index (χ0n) is 15.8. The van der Waals surface area contributed by atoms with Crippen LogP contribution in [0.25, 0.3) is 21.7 Å². The Bertz CT molecular complexity index is 1070. The molecule has 0 spiro atoms. The number of fused-ring (bicyclic) bond motifs is 1. The molecule has 142 valence electrons. The van der Waals surface area contributed by atoms with Crippen LogP contribution < -0.4 is 0 Å². The molecule has 1 unspecified atom stereocenters. The molecule has 2 aromatic carbocycles. The minimum Gasteiger partial charge on any atom is -0.419 e. The van der Waals surface area contributed by atoms with Gasteiger partial charge >= 0.3 is 0 Å². The first-order valence-electron chi connectivity index (χ1n) is 9.72. The third kappa shape index (κ3) is 3.57. The van der Waals surface area contributed by atoms with Crippen molar-refractivity contribution in [2.75, 3.05) is 13.1 Å². The van der Waals surface area contributed by atoms with Crippen LogP contribution in [-0.4, -0.2) is 33.2 Å². The fraction of sp³-hybridized carbons (Fsp3) is 0.318. The lowest BCUT2D eigenvalue weighted by atomic mass is 9.99. The lowest BCUT2D eigenvalue weighted by Gasteiger charge is -2.30. The van der Waals surface area contributed by atoms with Crippen molar-refractivity contribution in [2.24, 2.45) is 0 Å². The van der Waals surface area contributed by atoms with Gasteiger partial charge in [0.25, 0.3) is 0 Å². The van der Waals surface area contributed by atoms with Crippen molar-refractivity contribution in [3.63, 3.8) is 0 Å². The molecule has 1 aliphatic rings. The Morgan fingerprint density at radius 1 is 1.14 bits per heavy atom. The number of aryl methyl sites for hydroxylation is 1. The standard InChI is InChI=1S/C22H22N4OS/c1-15-6-4-7-16(12-15)21-25-24-20(27-21)14-26-11-5-8-17(13-26)22-23-18-9-2-3-10-19(18)28-22/h2-4,6-7,9-10,12,17H,5,8,11,13-14H2,1H3. The number of para-hydroxylation sites is 1. The number of nitrogens with zero attached hydrogens (tertiary/aromatic N) is 4. The fourth-order valence-electron chi connectivity index (χ4n) is 3.87. The normalized spacial score (nSPS) is 18.0. The van der Waals surface area contributed by atoms with E-state index in [1.54, 1.807) is 0 Å². The van der Waals surface area contributed by atoms with Crippen molar-refractivity contribution in [1.82, 2.24) is 20.1 Å². The van der Waals surface area contributed by atoms with Gasteiger partial charge in [-0.1, -0.05) is 29.8 Å². The van der Waals surface area contributed by atoms with Gasteiger partial charge < -0.3 is 4.42 Å². The van der Waals surface area contributed by atoms with Crippen molar-refractivity contribution in [1.29, 1.82) is 0 Å². The Balaban J connectivity index is 1.29. The first-order valence-corrected chi connectivity index (χ1v) is 10.5. The molecular weight excluding hydrogens is 368 g/mol. The molecule has 1 atom stereocenters. The van der Waals surface area contributed by atoms with Crippen molar-refractivity contribution in [3.05, 3.63) is 65.0 Å². The smallest absolute Gasteiger partial charge is 0.247 e.